The van der Waals surface area contributed by atoms with Crippen LogP contribution in [-0.2, 0) is 0 Å². The molecule has 0 bridgehead atoms. The standard InChI is InChI=1S/C16H22BrNO2/c1-3-20-15-10-9-12(11-14(15)17)16(19)18(2)13-7-5-4-6-8-13/h9-11,13H,3-8H2,1-2H3. The van der Waals surface area contributed by atoms with Gasteiger partial charge in [0.1, 0.15) is 5.75 Å². The van der Waals surface area contributed by atoms with Gasteiger partial charge in [0.2, 0.25) is 0 Å². The van der Waals surface area contributed by atoms with Crippen molar-refractivity contribution in [2.45, 2.75) is 45.1 Å². The number of hydrogen-bond acceptors (Lipinski definition) is 2. The number of ether oxygens (including phenoxy) is 1. The van der Waals surface area contributed by atoms with E-state index in [0.717, 1.165) is 23.1 Å². The van der Waals surface area contributed by atoms with E-state index >= 15 is 0 Å². The number of carbonyl (C=O) groups excluding carboxylic acids is 1. The maximum atomic E-state index is 12.5. The van der Waals surface area contributed by atoms with E-state index < -0.39 is 0 Å². The molecule has 3 nitrogen and oxygen atoms in total. The fourth-order valence-corrected chi connectivity index (χ4v) is 3.24. The summed E-state index contributed by atoms with van der Waals surface area (Å²) in [5.74, 6) is 0.880. The topological polar surface area (TPSA) is 29.5 Å². The molecule has 1 aromatic rings. The van der Waals surface area contributed by atoms with Crippen molar-refractivity contribution in [3.8, 4) is 5.75 Å². The van der Waals surface area contributed by atoms with Crippen molar-refractivity contribution in [1.82, 2.24) is 4.90 Å². The molecule has 2 rings (SSSR count). The normalized spacial score (nSPS) is 15.9. The third-order valence-electron chi connectivity index (χ3n) is 3.92. The summed E-state index contributed by atoms with van der Waals surface area (Å²) in [6.07, 6.45) is 6.01. The Hall–Kier alpha value is -1.03. The highest BCUT2D eigenvalue weighted by Crippen LogP contribution is 2.28. The van der Waals surface area contributed by atoms with E-state index in [4.69, 9.17) is 4.74 Å². The average molecular weight is 340 g/mol. The minimum Gasteiger partial charge on any atom is -0.493 e. The SMILES string of the molecule is CCOc1ccc(C(=O)N(C)C2CCCCC2)cc1Br. The molecule has 0 spiro atoms. The van der Waals surface area contributed by atoms with E-state index in [2.05, 4.69) is 15.9 Å². The summed E-state index contributed by atoms with van der Waals surface area (Å²) >= 11 is 3.47. The Morgan fingerprint density at radius 1 is 1.35 bits per heavy atom. The van der Waals surface area contributed by atoms with Gasteiger partial charge >= 0.3 is 0 Å². The van der Waals surface area contributed by atoms with E-state index in [9.17, 15) is 4.79 Å². The van der Waals surface area contributed by atoms with Crippen LogP contribution in [0.3, 0.4) is 0 Å². The van der Waals surface area contributed by atoms with Crippen LogP contribution in [0.5, 0.6) is 5.75 Å². The highest BCUT2D eigenvalue weighted by molar-refractivity contribution is 9.10. The van der Waals surface area contributed by atoms with Crippen LogP contribution >= 0.6 is 15.9 Å². The lowest BCUT2D eigenvalue weighted by Gasteiger charge is -2.31. The van der Waals surface area contributed by atoms with Crippen LogP contribution in [0.25, 0.3) is 0 Å². The highest BCUT2D eigenvalue weighted by Gasteiger charge is 2.23. The lowest BCUT2D eigenvalue weighted by molar-refractivity contribution is 0.0696. The van der Waals surface area contributed by atoms with E-state index in [1.54, 1.807) is 0 Å². The summed E-state index contributed by atoms with van der Waals surface area (Å²) in [7, 11) is 1.92. The third kappa shape index (κ3) is 3.54. The molecule has 1 aliphatic carbocycles. The molecule has 1 fully saturated rings. The van der Waals surface area contributed by atoms with E-state index in [1.807, 2.05) is 37.1 Å². The van der Waals surface area contributed by atoms with Crippen LogP contribution in [0.1, 0.15) is 49.4 Å². The van der Waals surface area contributed by atoms with Crippen molar-refractivity contribution < 1.29 is 9.53 Å². The number of amides is 1. The molecule has 0 N–H and O–H groups in total. The number of hydrogen-bond donors (Lipinski definition) is 0. The molecular weight excluding hydrogens is 318 g/mol. The number of rotatable bonds is 4. The quantitative estimate of drug-likeness (QED) is 0.820. The maximum Gasteiger partial charge on any atom is 0.253 e. The van der Waals surface area contributed by atoms with Crippen molar-refractivity contribution in [3.05, 3.63) is 28.2 Å². The molecule has 0 heterocycles. The molecule has 0 unspecified atom stereocenters. The predicted octanol–water partition coefficient (Wildman–Crippen LogP) is 4.25. The van der Waals surface area contributed by atoms with Crippen molar-refractivity contribution in [1.29, 1.82) is 0 Å². The van der Waals surface area contributed by atoms with Crippen molar-refractivity contribution in [3.63, 3.8) is 0 Å². The molecule has 20 heavy (non-hydrogen) atoms. The van der Waals surface area contributed by atoms with E-state index in [1.165, 1.54) is 19.3 Å². The molecule has 1 amide bonds. The van der Waals surface area contributed by atoms with Crippen molar-refractivity contribution in [2.75, 3.05) is 13.7 Å². The van der Waals surface area contributed by atoms with Crippen LogP contribution in [0, 0.1) is 0 Å². The van der Waals surface area contributed by atoms with E-state index in [0.29, 0.717) is 18.2 Å². The second kappa shape index (κ2) is 7.11. The number of nitrogens with zero attached hydrogens (tertiary/aromatic N) is 1. The Bertz CT molecular complexity index is 470. The summed E-state index contributed by atoms with van der Waals surface area (Å²) in [4.78, 5) is 14.4. The second-order valence-electron chi connectivity index (χ2n) is 5.29. The van der Waals surface area contributed by atoms with Gasteiger partial charge in [-0.25, -0.2) is 0 Å². The Morgan fingerprint density at radius 2 is 2.05 bits per heavy atom. The average Bonchev–Trinajstić information content (AvgIpc) is 2.49. The zero-order valence-electron chi connectivity index (χ0n) is 12.2. The third-order valence-corrected chi connectivity index (χ3v) is 4.54. The minimum atomic E-state index is 0.0978. The fourth-order valence-electron chi connectivity index (χ4n) is 2.74. The first kappa shape index (κ1) is 15.4. The number of carbonyl (C=O) groups is 1. The highest BCUT2D eigenvalue weighted by atomic mass is 79.9. The monoisotopic (exact) mass is 339 g/mol. The Labute approximate surface area is 129 Å². The molecule has 1 aliphatic rings. The zero-order chi connectivity index (χ0) is 14.5. The summed E-state index contributed by atoms with van der Waals surface area (Å²) in [5.41, 5.74) is 0.716. The Balaban J connectivity index is 2.09. The molecule has 1 saturated carbocycles. The molecule has 0 saturated heterocycles. The first-order valence-corrected chi connectivity index (χ1v) is 8.12. The van der Waals surface area contributed by atoms with Gasteiger partial charge < -0.3 is 9.64 Å². The first-order valence-electron chi connectivity index (χ1n) is 7.33. The molecule has 0 atom stereocenters. The molecule has 0 radical (unpaired) electrons. The van der Waals surface area contributed by atoms with Crippen LogP contribution in [-0.4, -0.2) is 30.5 Å². The van der Waals surface area contributed by atoms with Gasteiger partial charge in [-0.05, 0) is 53.9 Å². The Kier molecular flexibility index (Phi) is 5.46. The summed E-state index contributed by atoms with van der Waals surface area (Å²) in [6, 6.07) is 5.95. The van der Waals surface area contributed by atoms with Gasteiger partial charge in [-0.2, -0.15) is 0 Å². The summed E-state index contributed by atoms with van der Waals surface area (Å²) in [5, 5.41) is 0. The first-order chi connectivity index (χ1) is 9.63. The zero-order valence-corrected chi connectivity index (χ0v) is 13.8. The predicted molar refractivity (Wildman–Crippen MR) is 84.3 cm³/mol. The number of halogens is 1. The molecule has 110 valence electrons. The molecular formula is C16H22BrNO2. The summed E-state index contributed by atoms with van der Waals surface area (Å²) < 4.78 is 6.31. The largest absolute Gasteiger partial charge is 0.493 e. The van der Waals surface area contributed by atoms with Crippen LogP contribution in [0.2, 0.25) is 0 Å². The number of benzene rings is 1. The van der Waals surface area contributed by atoms with Gasteiger partial charge in [0.15, 0.2) is 0 Å². The molecule has 0 aliphatic heterocycles. The van der Waals surface area contributed by atoms with Crippen LogP contribution < -0.4 is 4.74 Å². The maximum absolute atomic E-state index is 12.5. The van der Waals surface area contributed by atoms with Gasteiger partial charge in [0.05, 0.1) is 11.1 Å². The molecule has 4 heteroatoms. The molecule has 1 aromatic carbocycles. The van der Waals surface area contributed by atoms with Gasteiger partial charge in [0, 0.05) is 18.7 Å². The fraction of sp³-hybridized carbons (Fsp3) is 0.562. The van der Waals surface area contributed by atoms with Crippen LogP contribution in [0.15, 0.2) is 22.7 Å². The lowest BCUT2D eigenvalue weighted by atomic mass is 9.94. The van der Waals surface area contributed by atoms with Crippen LogP contribution in [0.4, 0.5) is 0 Å². The van der Waals surface area contributed by atoms with Gasteiger partial charge in [-0.3, -0.25) is 4.79 Å². The van der Waals surface area contributed by atoms with Crippen molar-refractivity contribution in [2.24, 2.45) is 0 Å². The smallest absolute Gasteiger partial charge is 0.253 e. The Morgan fingerprint density at radius 3 is 2.65 bits per heavy atom. The minimum absolute atomic E-state index is 0.0978. The summed E-state index contributed by atoms with van der Waals surface area (Å²) in [6.45, 7) is 2.57. The lowest BCUT2D eigenvalue weighted by Crippen LogP contribution is -2.38. The second-order valence-corrected chi connectivity index (χ2v) is 6.14. The van der Waals surface area contributed by atoms with Gasteiger partial charge in [-0.1, -0.05) is 19.3 Å². The molecule has 0 aromatic heterocycles. The van der Waals surface area contributed by atoms with Crippen molar-refractivity contribution >= 4 is 21.8 Å². The van der Waals surface area contributed by atoms with Gasteiger partial charge in [-0.15, -0.1) is 0 Å². The van der Waals surface area contributed by atoms with Gasteiger partial charge in [0.25, 0.3) is 5.91 Å². The van der Waals surface area contributed by atoms with E-state index in [-0.39, 0.29) is 5.91 Å².